The van der Waals surface area contributed by atoms with E-state index in [4.69, 9.17) is 0 Å². The Kier molecular flexibility index (Phi) is 3.11. The van der Waals surface area contributed by atoms with Crippen molar-refractivity contribution in [2.45, 2.75) is 12.8 Å². The van der Waals surface area contributed by atoms with Gasteiger partial charge in [0.2, 0.25) is 5.91 Å². The second-order valence-corrected chi connectivity index (χ2v) is 5.69. The topological polar surface area (TPSA) is 42.0 Å². The molecular weight excluding hydrogens is 272 g/mol. The third-order valence-electron chi connectivity index (χ3n) is 4.06. The molecule has 1 aliphatic carbocycles. The molecule has 1 N–H and O–H groups in total. The molecule has 1 aliphatic rings. The number of fused-ring (bicyclic) bond motifs is 1. The molecule has 3 aromatic rings. The first-order valence-corrected chi connectivity index (χ1v) is 7.57. The van der Waals surface area contributed by atoms with Crippen LogP contribution in [0.2, 0.25) is 0 Å². The fourth-order valence-electron chi connectivity index (χ4n) is 2.73. The third kappa shape index (κ3) is 2.35. The highest BCUT2D eigenvalue weighted by Gasteiger charge is 2.29. The molecule has 1 heterocycles. The number of carbonyl (C=O) groups excluding carboxylic acids is 1. The maximum atomic E-state index is 12.0. The minimum absolute atomic E-state index is 0.111. The van der Waals surface area contributed by atoms with Crippen molar-refractivity contribution in [3.63, 3.8) is 0 Å². The number of anilines is 1. The largest absolute Gasteiger partial charge is 0.324 e. The van der Waals surface area contributed by atoms with Crippen molar-refractivity contribution in [2.24, 2.45) is 5.92 Å². The summed E-state index contributed by atoms with van der Waals surface area (Å²) in [7, 11) is 0. The molecule has 1 aromatic heterocycles. The standard InChI is InChI=1S/C19H16N2O/c22-19(14-9-10-14)21-17-8-4-7-16-15(11-12-20-18(16)17)13-5-2-1-3-6-13/h1-8,11-12,14H,9-10H2,(H,21,22). The number of carbonyl (C=O) groups is 1. The number of aromatic nitrogens is 1. The van der Waals surface area contributed by atoms with Crippen LogP contribution in [0.1, 0.15) is 12.8 Å². The first-order valence-electron chi connectivity index (χ1n) is 7.57. The van der Waals surface area contributed by atoms with Crippen molar-refractivity contribution < 1.29 is 4.79 Å². The second-order valence-electron chi connectivity index (χ2n) is 5.69. The van der Waals surface area contributed by atoms with Gasteiger partial charge in [-0.05, 0) is 36.1 Å². The van der Waals surface area contributed by atoms with Gasteiger partial charge >= 0.3 is 0 Å². The van der Waals surface area contributed by atoms with Gasteiger partial charge in [0.05, 0.1) is 11.2 Å². The highest BCUT2D eigenvalue weighted by Crippen LogP contribution is 2.33. The van der Waals surface area contributed by atoms with Crippen LogP contribution >= 0.6 is 0 Å². The Morgan fingerprint density at radius 1 is 1.00 bits per heavy atom. The van der Waals surface area contributed by atoms with Crippen LogP contribution in [-0.2, 0) is 4.79 Å². The van der Waals surface area contributed by atoms with E-state index in [1.54, 1.807) is 6.20 Å². The highest BCUT2D eigenvalue weighted by molar-refractivity contribution is 6.05. The summed E-state index contributed by atoms with van der Waals surface area (Å²) in [4.78, 5) is 16.5. The fraction of sp³-hybridized carbons (Fsp3) is 0.158. The summed E-state index contributed by atoms with van der Waals surface area (Å²) in [5.41, 5.74) is 3.93. The van der Waals surface area contributed by atoms with Crippen molar-refractivity contribution in [3.05, 3.63) is 60.8 Å². The molecule has 0 bridgehead atoms. The molecule has 0 saturated heterocycles. The van der Waals surface area contributed by atoms with E-state index >= 15 is 0 Å². The molecule has 2 aromatic carbocycles. The summed E-state index contributed by atoms with van der Waals surface area (Å²) in [5.74, 6) is 0.298. The van der Waals surface area contributed by atoms with E-state index in [9.17, 15) is 4.79 Å². The quantitative estimate of drug-likeness (QED) is 0.782. The summed E-state index contributed by atoms with van der Waals surface area (Å²) in [6.45, 7) is 0. The first kappa shape index (κ1) is 13.0. The number of hydrogen-bond acceptors (Lipinski definition) is 2. The van der Waals surface area contributed by atoms with E-state index in [0.29, 0.717) is 0 Å². The van der Waals surface area contributed by atoms with Crippen LogP contribution in [0.3, 0.4) is 0 Å². The van der Waals surface area contributed by atoms with E-state index in [-0.39, 0.29) is 11.8 Å². The van der Waals surface area contributed by atoms with E-state index in [0.717, 1.165) is 40.6 Å². The summed E-state index contributed by atoms with van der Waals surface area (Å²) in [5, 5.41) is 4.08. The molecule has 3 nitrogen and oxygen atoms in total. The molecule has 108 valence electrons. The van der Waals surface area contributed by atoms with E-state index < -0.39 is 0 Å². The average molecular weight is 288 g/mol. The predicted molar refractivity (Wildman–Crippen MR) is 88.5 cm³/mol. The smallest absolute Gasteiger partial charge is 0.227 e. The molecule has 0 radical (unpaired) electrons. The zero-order valence-electron chi connectivity index (χ0n) is 12.1. The van der Waals surface area contributed by atoms with Crippen LogP contribution < -0.4 is 5.32 Å². The van der Waals surface area contributed by atoms with Crippen LogP contribution in [0.4, 0.5) is 5.69 Å². The van der Waals surface area contributed by atoms with Gasteiger partial charge in [-0.3, -0.25) is 9.78 Å². The fourth-order valence-corrected chi connectivity index (χ4v) is 2.73. The number of nitrogens with zero attached hydrogens (tertiary/aromatic N) is 1. The van der Waals surface area contributed by atoms with Gasteiger partial charge in [-0.2, -0.15) is 0 Å². The van der Waals surface area contributed by atoms with Gasteiger partial charge in [0.25, 0.3) is 0 Å². The number of benzene rings is 2. The van der Waals surface area contributed by atoms with Crippen molar-refractivity contribution in [3.8, 4) is 11.1 Å². The Balaban J connectivity index is 1.82. The molecule has 4 rings (SSSR count). The molecule has 0 spiro atoms. The Morgan fingerprint density at radius 2 is 1.82 bits per heavy atom. The molecule has 1 saturated carbocycles. The normalized spacial score (nSPS) is 14.0. The van der Waals surface area contributed by atoms with Gasteiger partial charge in [0, 0.05) is 17.5 Å². The monoisotopic (exact) mass is 288 g/mol. The van der Waals surface area contributed by atoms with Gasteiger partial charge in [-0.25, -0.2) is 0 Å². The number of hydrogen-bond donors (Lipinski definition) is 1. The van der Waals surface area contributed by atoms with Crippen LogP contribution in [0.5, 0.6) is 0 Å². The highest BCUT2D eigenvalue weighted by atomic mass is 16.2. The van der Waals surface area contributed by atoms with Crippen molar-refractivity contribution in [1.29, 1.82) is 0 Å². The molecule has 1 amide bonds. The lowest BCUT2D eigenvalue weighted by molar-refractivity contribution is -0.117. The van der Waals surface area contributed by atoms with Gasteiger partial charge in [-0.1, -0.05) is 42.5 Å². The van der Waals surface area contributed by atoms with Crippen LogP contribution in [0.15, 0.2) is 60.8 Å². The molecule has 3 heteroatoms. The van der Waals surface area contributed by atoms with Crippen molar-refractivity contribution in [2.75, 3.05) is 5.32 Å². The molecule has 22 heavy (non-hydrogen) atoms. The minimum atomic E-state index is 0.111. The molecule has 1 fully saturated rings. The second kappa shape index (κ2) is 5.26. The number of rotatable bonds is 3. The predicted octanol–water partition coefficient (Wildman–Crippen LogP) is 4.25. The maximum Gasteiger partial charge on any atom is 0.227 e. The van der Waals surface area contributed by atoms with Gasteiger partial charge in [-0.15, -0.1) is 0 Å². The van der Waals surface area contributed by atoms with Crippen LogP contribution in [0.25, 0.3) is 22.0 Å². The van der Waals surface area contributed by atoms with Gasteiger partial charge < -0.3 is 5.32 Å². The molecule has 0 atom stereocenters. The SMILES string of the molecule is O=C(Nc1cccc2c(-c3ccccc3)ccnc12)C1CC1. The van der Waals surface area contributed by atoms with Crippen molar-refractivity contribution >= 4 is 22.5 Å². The molecule has 0 unspecified atom stereocenters. The summed E-state index contributed by atoms with van der Waals surface area (Å²) >= 11 is 0. The molecule has 0 aliphatic heterocycles. The Labute approximate surface area is 129 Å². The minimum Gasteiger partial charge on any atom is -0.324 e. The van der Waals surface area contributed by atoms with E-state index in [2.05, 4.69) is 28.5 Å². The molecular formula is C19H16N2O. The summed E-state index contributed by atoms with van der Waals surface area (Å²) < 4.78 is 0. The number of para-hydroxylation sites is 1. The number of amides is 1. The Bertz CT molecular complexity index is 838. The van der Waals surface area contributed by atoms with E-state index in [1.807, 2.05) is 36.4 Å². The summed E-state index contributed by atoms with van der Waals surface area (Å²) in [6.07, 6.45) is 3.80. The van der Waals surface area contributed by atoms with Crippen LogP contribution in [-0.4, -0.2) is 10.9 Å². The van der Waals surface area contributed by atoms with Crippen molar-refractivity contribution in [1.82, 2.24) is 4.98 Å². The lowest BCUT2D eigenvalue weighted by Crippen LogP contribution is -2.13. The van der Waals surface area contributed by atoms with E-state index in [1.165, 1.54) is 0 Å². The van der Waals surface area contributed by atoms with Crippen LogP contribution in [0, 0.1) is 5.92 Å². The number of nitrogens with one attached hydrogen (secondary N) is 1. The Hall–Kier alpha value is -2.68. The maximum absolute atomic E-state index is 12.0. The van der Waals surface area contributed by atoms with Gasteiger partial charge in [0.15, 0.2) is 0 Å². The zero-order chi connectivity index (χ0) is 14.9. The third-order valence-corrected chi connectivity index (χ3v) is 4.06. The lowest BCUT2D eigenvalue weighted by atomic mass is 10.0. The van der Waals surface area contributed by atoms with Gasteiger partial charge in [0.1, 0.15) is 0 Å². The average Bonchev–Trinajstić information content (AvgIpc) is 3.40. The number of pyridine rings is 1. The zero-order valence-corrected chi connectivity index (χ0v) is 12.1. The lowest BCUT2D eigenvalue weighted by Gasteiger charge is -2.11. The first-order chi connectivity index (χ1) is 10.8. The summed E-state index contributed by atoms with van der Waals surface area (Å²) in [6, 6.07) is 18.2. The Morgan fingerprint density at radius 3 is 2.59 bits per heavy atom.